The topological polar surface area (TPSA) is 271 Å². The predicted molar refractivity (Wildman–Crippen MR) is 227 cm³/mol. The molecule has 2 saturated heterocycles. The molecule has 0 spiro atoms. The van der Waals surface area contributed by atoms with E-state index in [1.807, 2.05) is 0 Å². The second-order valence-electron chi connectivity index (χ2n) is 18.6. The zero-order chi connectivity index (χ0) is 48.3. The van der Waals surface area contributed by atoms with Crippen molar-refractivity contribution in [1.29, 1.82) is 0 Å². The van der Waals surface area contributed by atoms with Gasteiger partial charge in [-0.1, -0.05) is 68.5 Å². The van der Waals surface area contributed by atoms with Crippen molar-refractivity contribution < 1.29 is 82.7 Å². The van der Waals surface area contributed by atoms with Gasteiger partial charge in [0.2, 0.25) is 17.5 Å². The summed E-state index contributed by atoms with van der Waals surface area (Å²) in [6, 6.07) is 14.5. The largest absolute Gasteiger partial charge is 0.456 e. The molecule has 3 aliphatic carbocycles. The quantitative estimate of drug-likeness (QED) is 0.0807. The van der Waals surface area contributed by atoms with Crippen molar-refractivity contribution in [3.63, 3.8) is 0 Å². The van der Waals surface area contributed by atoms with E-state index in [1.54, 1.807) is 68.5 Å². The summed E-state index contributed by atoms with van der Waals surface area (Å²) in [6.45, 7) is 9.09. The number of ether oxygens (including phenoxy) is 6. The fourth-order valence-corrected chi connectivity index (χ4v) is 10.5. The summed E-state index contributed by atoms with van der Waals surface area (Å²) in [6.07, 6.45) is -14.4. The van der Waals surface area contributed by atoms with E-state index in [0.29, 0.717) is 11.1 Å². The molecule has 5 aliphatic rings. The van der Waals surface area contributed by atoms with Gasteiger partial charge in [0.15, 0.2) is 18.0 Å². The second-order valence-corrected chi connectivity index (χ2v) is 18.6. The third-order valence-electron chi connectivity index (χ3n) is 14.5. The molecule has 2 aliphatic heterocycles. The molecular weight excluding hydrogens is 863 g/mol. The first kappa shape index (κ1) is 48.7. The lowest BCUT2D eigenvalue weighted by molar-refractivity contribution is -0.364. The van der Waals surface area contributed by atoms with E-state index in [1.165, 1.54) is 39.8 Å². The lowest BCUT2D eigenvalue weighted by atomic mass is 9.45. The van der Waals surface area contributed by atoms with Gasteiger partial charge in [0.1, 0.15) is 42.2 Å². The van der Waals surface area contributed by atoms with Crippen molar-refractivity contribution in [1.82, 2.24) is 5.32 Å². The highest BCUT2D eigenvalue weighted by atomic mass is 16.7. The number of benzene rings is 2. The van der Waals surface area contributed by atoms with Crippen molar-refractivity contribution in [2.75, 3.05) is 13.2 Å². The maximum Gasteiger partial charge on any atom is 0.338 e. The Balaban J connectivity index is 1.40. The fourth-order valence-electron chi connectivity index (χ4n) is 10.5. The summed E-state index contributed by atoms with van der Waals surface area (Å²) < 4.78 is 36.5. The highest BCUT2D eigenvalue weighted by Crippen LogP contribution is 2.64. The number of carbonyl (C=O) groups is 6. The molecule has 18 nitrogen and oxygen atoms in total. The number of aliphatic hydroxyl groups excluding tert-OH is 4. The molecule has 0 aromatic heterocycles. The Hall–Kier alpha value is -5.18. The number of Topliss-reactive ketones (excluding diaryl/α,β-unsaturated/α-hetero) is 2. The first-order valence-electron chi connectivity index (χ1n) is 21.8. The molecule has 1 amide bonds. The Labute approximate surface area is 380 Å². The fraction of sp³-hybridized carbons (Fsp3) is 0.542. The number of allylic oxidation sites excluding steroid dienone is 1. The molecule has 66 heavy (non-hydrogen) atoms. The number of aliphatic hydroxyl groups is 5. The Kier molecular flexibility index (Phi) is 13.4. The highest BCUT2D eigenvalue weighted by Gasteiger charge is 2.78. The summed E-state index contributed by atoms with van der Waals surface area (Å²) >= 11 is 0. The van der Waals surface area contributed by atoms with Crippen molar-refractivity contribution >= 4 is 35.4 Å². The van der Waals surface area contributed by atoms with Gasteiger partial charge in [-0.25, -0.2) is 9.59 Å². The molecule has 0 unspecified atom stereocenters. The van der Waals surface area contributed by atoms with E-state index in [0.717, 1.165) is 6.92 Å². The van der Waals surface area contributed by atoms with Gasteiger partial charge >= 0.3 is 17.9 Å². The zero-order valence-corrected chi connectivity index (χ0v) is 37.7. The number of nitrogens with one attached hydrogen (secondary N) is 1. The Bertz CT molecular complexity index is 2310. The van der Waals surface area contributed by atoms with Gasteiger partial charge in [0.05, 0.1) is 42.3 Å². The number of hydrogen-bond acceptors (Lipinski definition) is 17. The van der Waals surface area contributed by atoms with Crippen LogP contribution < -0.4 is 5.32 Å². The smallest absolute Gasteiger partial charge is 0.338 e. The monoisotopic (exact) mass is 919 g/mol. The van der Waals surface area contributed by atoms with Crippen molar-refractivity contribution in [2.45, 2.75) is 134 Å². The van der Waals surface area contributed by atoms with Gasteiger partial charge in [-0.3, -0.25) is 19.2 Å². The molecular formula is C48H57NO17. The maximum absolute atomic E-state index is 15.6. The van der Waals surface area contributed by atoms with E-state index in [2.05, 4.69) is 5.32 Å². The molecule has 6 N–H and O–H groups in total. The minimum Gasteiger partial charge on any atom is -0.456 e. The van der Waals surface area contributed by atoms with Crippen LogP contribution in [0, 0.1) is 16.7 Å². The van der Waals surface area contributed by atoms with Crippen LogP contribution in [0.15, 0.2) is 83.5 Å². The number of hydrogen-bond donors (Lipinski definition) is 6. The molecule has 4 fully saturated rings. The number of rotatable bonds is 11. The van der Waals surface area contributed by atoms with Gasteiger partial charge < -0.3 is 59.3 Å². The molecule has 2 saturated carbocycles. The molecule has 0 radical (unpaired) electrons. The molecule has 14 atom stereocenters. The summed E-state index contributed by atoms with van der Waals surface area (Å²) in [5.74, 6) is -7.74. The van der Waals surface area contributed by atoms with Crippen LogP contribution in [-0.2, 0) is 52.4 Å². The Morgan fingerprint density at radius 1 is 0.909 bits per heavy atom. The van der Waals surface area contributed by atoms with Crippen molar-refractivity contribution in [3.8, 4) is 0 Å². The van der Waals surface area contributed by atoms with Gasteiger partial charge in [-0.15, -0.1) is 0 Å². The van der Waals surface area contributed by atoms with Gasteiger partial charge in [-0.05, 0) is 51.0 Å². The van der Waals surface area contributed by atoms with E-state index in [-0.39, 0.29) is 23.1 Å². The Morgan fingerprint density at radius 3 is 2.14 bits per heavy atom. The molecule has 2 aromatic rings. The standard InChI is InChI=1S/C48H57NO17/c1-8-23(2)41(57)49-33(26-15-11-9-12-16-26)36(54)43(59)63-29-20-48(60)40(65-42(58)27-17-13-10-14-18-27)38-46(7,39(56)35(53)32(24(29)3)45(48,5)6)30(19-31-47(38,22-62-31)66-25(4)50)64-44-37(55)34(52)28(51)21-61-44/h8-18,28-31,33-34,36-38,40,44,51-52,54-55,60H,19-22H2,1-7H3,(H,49,57)/b23-8+/t28-,29+,30+,31-,33+,34+,36-,37-,38+,40+,44+,46-,47+,48-/m1/s1. The minimum atomic E-state index is -2.52. The summed E-state index contributed by atoms with van der Waals surface area (Å²) in [7, 11) is 0. The molecule has 356 valence electrons. The number of fused-ring (bicyclic) bond motifs is 5. The summed E-state index contributed by atoms with van der Waals surface area (Å²) in [4.78, 5) is 85.8. The number of carbonyl (C=O) groups excluding carboxylic acids is 6. The SMILES string of the molecule is C/C=C(\C)C(=O)N[C@@H](c1ccccc1)[C@@H](O)C(=O)O[C@H]1C[C@@]2(O)[C@@H](OC(=O)c3ccccc3)[C@@H]3[C@]4(OC(C)=O)CO[C@@H]4C[C@H](O[C@@H]4OC[C@@H](O)[C@H](O)[C@H]4O)[C@@]3(C)C(=O)C(=O)C(=C1C)C2(C)C. The number of amides is 1. The zero-order valence-electron chi connectivity index (χ0n) is 37.7. The van der Waals surface area contributed by atoms with Crippen LogP contribution in [0.5, 0.6) is 0 Å². The van der Waals surface area contributed by atoms with E-state index in [4.69, 9.17) is 28.4 Å². The second kappa shape index (κ2) is 18.1. The van der Waals surface area contributed by atoms with Crippen LogP contribution in [0.25, 0.3) is 0 Å². The predicted octanol–water partition coefficient (Wildman–Crippen LogP) is 1.49. The third kappa shape index (κ3) is 8.00. The van der Waals surface area contributed by atoms with Gasteiger partial charge in [0, 0.05) is 36.3 Å². The van der Waals surface area contributed by atoms with Crippen molar-refractivity contribution in [2.24, 2.45) is 16.7 Å². The first-order chi connectivity index (χ1) is 31.0. The first-order valence-corrected chi connectivity index (χ1v) is 21.8. The molecule has 2 bridgehead atoms. The van der Waals surface area contributed by atoms with Crippen LogP contribution in [0.4, 0.5) is 0 Å². The van der Waals surface area contributed by atoms with Crippen LogP contribution in [0.1, 0.15) is 83.3 Å². The normalized spacial score (nSPS) is 35.9. The van der Waals surface area contributed by atoms with Crippen LogP contribution in [0.2, 0.25) is 0 Å². The molecule has 2 heterocycles. The average Bonchev–Trinajstić information content (AvgIpc) is 3.28. The lowest BCUT2D eigenvalue weighted by Crippen LogP contribution is -2.82. The van der Waals surface area contributed by atoms with E-state index >= 15 is 9.59 Å². The molecule has 7 rings (SSSR count). The molecule has 18 heteroatoms. The third-order valence-corrected chi connectivity index (χ3v) is 14.5. The van der Waals surface area contributed by atoms with E-state index < -0.39 is 144 Å². The minimum absolute atomic E-state index is 0.0129. The maximum atomic E-state index is 15.6. The Morgan fingerprint density at radius 2 is 1.55 bits per heavy atom. The van der Waals surface area contributed by atoms with Crippen LogP contribution >= 0.6 is 0 Å². The number of ketones is 2. The highest BCUT2D eigenvalue weighted by molar-refractivity contribution is 6.46. The van der Waals surface area contributed by atoms with Crippen LogP contribution in [0.3, 0.4) is 0 Å². The van der Waals surface area contributed by atoms with Gasteiger partial charge in [-0.2, -0.15) is 0 Å². The summed E-state index contributed by atoms with van der Waals surface area (Å²) in [5.41, 5.74) is -8.13. The van der Waals surface area contributed by atoms with Crippen molar-refractivity contribution in [3.05, 3.63) is 94.6 Å². The average molecular weight is 920 g/mol. The number of esters is 3. The molecule has 2 aromatic carbocycles. The van der Waals surface area contributed by atoms with Crippen LogP contribution in [-0.4, -0.2) is 140 Å². The van der Waals surface area contributed by atoms with E-state index in [9.17, 15) is 44.7 Å². The lowest BCUT2D eigenvalue weighted by Gasteiger charge is -2.67. The summed E-state index contributed by atoms with van der Waals surface area (Å²) in [5, 5.41) is 59.9. The van der Waals surface area contributed by atoms with Gasteiger partial charge in [0.25, 0.3) is 0 Å².